The van der Waals surface area contributed by atoms with Gasteiger partial charge in [-0.25, -0.2) is 8.42 Å². The molecule has 41 heavy (non-hydrogen) atoms. The van der Waals surface area contributed by atoms with Crippen LogP contribution in [0.15, 0.2) is 48.5 Å². The number of aromatic nitrogens is 3. The van der Waals surface area contributed by atoms with E-state index in [4.69, 9.17) is 9.47 Å². The number of hydrogen-bond donors (Lipinski definition) is 0. The number of benzene rings is 2. The summed E-state index contributed by atoms with van der Waals surface area (Å²) in [5.74, 6) is 1.06. The molecule has 13 heteroatoms. The Hall–Kier alpha value is -3.00. The minimum atomic E-state index is -4.43. The lowest BCUT2D eigenvalue weighted by Crippen LogP contribution is -2.47. The molecule has 8 nitrogen and oxygen atoms in total. The lowest BCUT2D eigenvalue weighted by Gasteiger charge is -2.35. The maximum absolute atomic E-state index is 13.1. The zero-order valence-electron chi connectivity index (χ0n) is 22.6. The van der Waals surface area contributed by atoms with Gasteiger partial charge in [-0.15, -0.1) is 0 Å². The van der Waals surface area contributed by atoms with Gasteiger partial charge in [0.25, 0.3) is 0 Å². The number of alkyl halides is 3. The van der Waals surface area contributed by atoms with E-state index < -0.39 is 21.8 Å². The van der Waals surface area contributed by atoms with Gasteiger partial charge in [-0.1, -0.05) is 24.3 Å². The van der Waals surface area contributed by atoms with E-state index in [1.807, 2.05) is 16.8 Å². The fraction of sp³-hybridized carbons (Fsp3) is 0.429. The van der Waals surface area contributed by atoms with Gasteiger partial charge in [0.15, 0.2) is 0 Å². The normalized spacial score (nSPS) is 17.3. The van der Waals surface area contributed by atoms with Gasteiger partial charge < -0.3 is 4.90 Å². The van der Waals surface area contributed by atoms with Gasteiger partial charge in [0.1, 0.15) is 5.82 Å². The SMILES string of the molecule is CS(=O)(=O)N1CCc2c(c(-c3ccc(C(F)(F)F)cc3)nn2CCCN2CCN(c3nsc4ccccc34)CC2)C1. The topological polar surface area (TPSA) is 74.6 Å². The molecule has 0 radical (unpaired) electrons. The molecule has 0 N–H and O–H groups in total. The molecular formula is C28H31F3N6O2S2. The van der Waals surface area contributed by atoms with E-state index in [0.29, 0.717) is 30.8 Å². The van der Waals surface area contributed by atoms with E-state index in [0.717, 1.165) is 68.4 Å². The lowest BCUT2D eigenvalue weighted by molar-refractivity contribution is -0.137. The number of aryl methyl sites for hydroxylation is 1. The van der Waals surface area contributed by atoms with E-state index >= 15 is 0 Å². The number of rotatable bonds is 7. The second kappa shape index (κ2) is 11.0. The van der Waals surface area contributed by atoms with Crippen molar-refractivity contribution < 1.29 is 21.6 Å². The van der Waals surface area contributed by atoms with Gasteiger partial charge in [-0.3, -0.25) is 9.58 Å². The fourth-order valence-electron chi connectivity index (χ4n) is 5.71. The van der Waals surface area contributed by atoms with Crippen molar-refractivity contribution in [2.24, 2.45) is 0 Å². The summed E-state index contributed by atoms with van der Waals surface area (Å²) in [5, 5.41) is 6.01. The van der Waals surface area contributed by atoms with Gasteiger partial charge in [-0.2, -0.15) is 26.9 Å². The van der Waals surface area contributed by atoms with Gasteiger partial charge in [0.2, 0.25) is 10.0 Å². The molecular weight excluding hydrogens is 573 g/mol. The molecule has 0 saturated carbocycles. The van der Waals surface area contributed by atoms with Crippen LogP contribution in [0.5, 0.6) is 0 Å². The lowest BCUT2D eigenvalue weighted by atomic mass is 10.0. The predicted molar refractivity (Wildman–Crippen MR) is 155 cm³/mol. The molecule has 0 aliphatic carbocycles. The first-order chi connectivity index (χ1) is 19.6. The highest BCUT2D eigenvalue weighted by Crippen LogP contribution is 2.34. The fourth-order valence-corrected chi connectivity index (χ4v) is 7.29. The van der Waals surface area contributed by atoms with Crippen molar-refractivity contribution in [2.75, 3.05) is 50.4 Å². The summed E-state index contributed by atoms with van der Waals surface area (Å²) in [6.07, 6.45) is -1.88. The summed E-state index contributed by atoms with van der Waals surface area (Å²) in [6, 6.07) is 13.2. The predicted octanol–water partition coefficient (Wildman–Crippen LogP) is 4.71. The largest absolute Gasteiger partial charge is 0.416 e. The number of anilines is 1. The first kappa shape index (κ1) is 28.1. The number of fused-ring (bicyclic) bond motifs is 2. The Morgan fingerprint density at radius 3 is 2.39 bits per heavy atom. The van der Waals surface area contributed by atoms with E-state index in [-0.39, 0.29) is 6.54 Å². The maximum atomic E-state index is 13.1. The van der Waals surface area contributed by atoms with Crippen molar-refractivity contribution >= 4 is 37.5 Å². The van der Waals surface area contributed by atoms with Crippen LogP contribution in [0.4, 0.5) is 19.0 Å². The van der Waals surface area contributed by atoms with Crippen molar-refractivity contribution in [3.63, 3.8) is 0 Å². The Balaban J connectivity index is 1.14. The maximum Gasteiger partial charge on any atom is 0.416 e. The van der Waals surface area contributed by atoms with Crippen LogP contribution in [-0.2, 0) is 35.7 Å². The molecule has 218 valence electrons. The van der Waals surface area contributed by atoms with Crippen molar-refractivity contribution in [3.8, 4) is 11.3 Å². The summed E-state index contributed by atoms with van der Waals surface area (Å²) in [6.45, 7) is 5.75. The third-order valence-corrected chi connectivity index (χ3v) is 9.99. The molecule has 0 unspecified atom stereocenters. The number of halogens is 3. The first-order valence-corrected chi connectivity index (χ1v) is 16.2. The molecule has 2 aromatic heterocycles. The smallest absolute Gasteiger partial charge is 0.353 e. The Morgan fingerprint density at radius 1 is 0.951 bits per heavy atom. The summed E-state index contributed by atoms with van der Waals surface area (Å²) in [5.41, 5.74) is 2.10. The molecule has 0 bridgehead atoms. The van der Waals surface area contributed by atoms with Crippen molar-refractivity contribution in [2.45, 2.75) is 32.1 Å². The second-order valence-electron chi connectivity index (χ2n) is 10.6. The van der Waals surface area contributed by atoms with Gasteiger partial charge in [0.05, 0.1) is 22.2 Å². The molecule has 1 fully saturated rings. The third-order valence-electron chi connectivity index (χ3n) is 7.93. The van der Waals surface area contributed by atoms with Crippen LogP contribution in [0.2, 0.25) is 0 Å². The van der Waals surface area contributed by atoms with Gasteiger partial charge >= 0.3 is 6.18 Å². The average molecular weight is 605 g/mol. The van der Waals surface area contributed by atoms with E-state index in [9.17, 15) is 21.6 Å². The molecule has 0 atom stereocenters. The number of hydrogen-bond acceptors (Lipinski definition) is 7. The van der Waals surface area contributed by atoms with Crippen LogP contribution in [0.3, 0.4) is 0 Å². The van der Waals surface area contributed by atoms with Crippen LogP contribution >= 0.6 is 11.5 Å². The zero-order chi connectivity index (χ0) is 28.8. The molecule has 4 aromatic rings. The van der Waals surface area contributed by atoms with Crippen molar-refractivity contribution in [1.82, 2.24) is 23.4 Å². The Kier molecular flexibility index (Phi) is 7.55. The van der Waals surface area contributed by atoms with E-state index in [2.05, 4.69) is 21.9 Å². The Morgan fingerprint density at radius 2 is 1.68 bits per heavy atom. The minimum Gasteiger partial charge on any atom is -0.353 e. The Bertz CT molecular complexity index is 1640. The van der Waals surface area contributed by atoms with E-state index in [1.165, 1.54) is 44.3 Å². The number of nitrogens with zero attached hydrogens (tertiary/aromatic N) is 6. The molecule has 2 aliphatic rings. The highest BCUT2D eigenvalue weighted by Gasteiger charge is 2.32. The molecule has 2 aliphatic heterocycles. The van der Waals surface area contributed by atoms with Crippen LogP contribution in [0.25, 0.3) is 21.3 Å². The molecule has 0 amide bonds. The monoisotopic (exact) mass is 604 g/mol. The van der Waals surface area contributed by atoms with Crippen molar-refractivity contribution in [3.05, 3.63) is 65.4 Å². The second-order valence-corrected chi connectivity index (χ2v) is 13.4. The van der Waals surface area contributed by atoms with Crippen LogP contribution in [0.1, 0.15) is 23.2 Å². The number of piperazine rings is 1. The van der Waals surface area contributed by atoms with E-state index in [1.54, 1.807) is 0 Å². The van der Waals surface area contributed by atoms with Crippen molar-refractivity contribution in [1.29, 1.82) is 0 Å². The molecule has 6 rings (SSSR count). The average Bonchev–Trinajstić information content (AvgIpc) is 3.54. The standard InChI is InChI=1S/C28H31F3N6O2S2/c1-41(38,39)36-14-11-24-23(19-36)26(20-7-9-21(10-8-20)28(29,30)31)32-37(24)13-4-12-34-15-17-35(18-16-34)27-22-5-2-3-6-25(22)40-33-27/h2-3,5-10H,4,11-19H2,1H3. The number of sulfonamides is 1. The highest BCUT2D eigenvalue weighted by molar-refractivity contribution is 7.88. The van der Waals surface area contributed by atoms with Gasteiger partial charge in [0, 0.05) is 81.0 Å². The third kappa shape index (κ3) is 5.85. The molecule has 1 saturated heterocycles. The van der Waals surface area contributed by atoms with Gasteiger partial charge in [-0.05, 0) is 42.2 Å². The first-order valence-electron chi connectivity index (χ1n) is 13.6. The summed E-state index contributed by atoms with van der Waals surface area (Å²) in [7, 11) is -3.42. The molecule has 4 heterocycles. The minimum absolute atomic E-state index is 0.164. The van der Waals surface area contributed by atoms with Crippen LogP contribution in [0, 0.1) is 0 Å². The summed E-state index contributed by atoms with van der Waals surface area (Å²) < 4.78 is 73.2. The summed E-state index contributed by atoms with van der Waals surface area (Å²) >= 11 is 1.53. The molecule has 0 spiro atoms. The zero-order valence-corrected chi connectivity index (χ0v) is 24.3. The quantitative estimate of drug-likeness (QED) is 0.304. The van der Waals surface area contributed by atoms with Crippen LogP contribution in [-0.4, -0.2) is 77.3 Å². The summed E-state index contributed by atoms with van der Waals surface area (Å²) in [4.78, 5) is 4.78. The van der Waals surface area contributed by atoms with Crippen LogP contribution < -0.4 is 4.90 Å². The molecule has 2 aromatic carbocycles. The Labute approximate surface area is 241 Å². The highest BCUT2D eigenvalue weighted by atomic mass is 32.2.